The lowest BCUT2D eigenvalue weighted by Crippen LogP contribution is -2.34. The van der Waals surface area contributed by atoms with Crippen molar-refractivity contribution in [3.63, 3.8) is 0 Å². The van der Waals surface area contributed by atoms with Crippen molar-refractivity contribution in [2.24, 2.45) is 13.0 Å². The third-order valence-corrected chi connectivity index (χ3v) is 6.17. The maximum absolute atomic E-state index is 12.6. The van der Waals surface area contributed by atoms with E-state index in [-0.39, 0.29) is 5.91 Å². The van der Waals surface area contributed by atoms with Gasteiger partial charge in [-0.15, -0.1) is 0 Å². The van der Waals surface area contributed by atoms with E-state index < -0.39 is 0 Å². The summed E-state index contributed by atoms with van der Waals surface area (Å²) < 4.78 is 7.54. The van der Waals surface area contributed by atoms with E-state index in [1.54, 1.807) is 12.1 Å². The second kappa shape index (κ2) is 10.7. The number of aryl methyl sites for hydroxylation is 1. The standard InChI is InChI=1S/C27H35N5O2/c1-20(2)19-34-26-11-5-22(6-12-26)27(33)29-23-7-9-24(10-8-23)32-14-13-25(18-32)30(3)16-21-15-28-31(4)17-21/h5-12,15,17,20,25H,13-14,16,18-19H2,1-4H3,(H,29,33). The van der Waals surface area contributed by atoms with Crippen LogP contribution in [0, 0.1) is 5.92 Å². The summed E-state index contributed by atoms with van der Waals surface area (Å²) in [4.78, 5) is 17.4. The maximum atomic E-state index is 12.6. The van der Waals surface area contributed by atoms with Gasteiger partial charge in [-0.1, -0.05) is 13.8 Å². The highest BCUT2D eigenvalue weighted by atomic mass is 16.5. The lowest BCUT2D eigenvalue weighted by Gasteiger charge is -2.25. The van der Waals surface area contributed by atoms with Crippen molar-refractivity contribution in [1.82, 2.24) is 14.7 Å². The third-order valence-electron chi connectivity index (χ3n) is 6.17. The molecule has 1 unspecified atom stereocenters. The van der Waals surface area contributed by atoms with Crippen molar-refractivity contribution >= 4 is 17.3 Å². The number of anilines is 2. The first-order chi connectivity index (χ1) is 16.4. The number of aromatic nitrogens is 2. The van der Waals surface area contributed by atoms with Gasteiger partial charge in [0, 0.05) is 61.4 Å². The Kier molecular flexibility index (Phi) is 7.53. The van der Waals surface area contributed by atoms with Crippen molar-refractivity contribution in [3.8, 4) is 5.75 Å². The largest absolute Gasteiger partial charge is 0.493 e. The molecule has 2 heterocycles. The Balaban J connectivity index is 1.28. The zero-order valence-corrected chi connectivity index (χ0v) is 20.6. The van der Waals surface area contributed by atoms with Crippen LogP contribution in [0.5, 0.6) is 5.75 Å². The third kappa shape index (κ3) is 6.17. The Morgan fingerprint density at radius 3 is 2.56 bits per heavy atom. The van der Waals surface area contributed by atoms with Gasteiger partial charge in [0.05, 0.1) is 12.8 Å². The molecule has 1 aliphatic heterocycles. The van der Waals surface area contributed by atoms with Crippen LogP contribution in [0.3, 0.4) is 0 Å². The van der Waals surface area contributed by atoms with Crippen LogP contribution in [-0.2, 0) is 13.6 Å². The molecular formula is C27H35N5O2. The molecule has 0 saturated carbocycles. The van der Waals surface area contributed by atoms with Gasteiger partial charge in [-0.05, 0) is 67.9 Å². The molecule has 1 N–H and O–H groups in total. The van der Waals surface area contributed by atoms with Gasteiger partial charge in [0.1, 0.15) is 5.75 Å². The highest BCUT2D eigenvalue weighted by molar-refractivity contribution is 6.04. The Morgan fingerprint density at radius 2 is 1.91 bits per heavy atom. The monoisotopic (exact) mass is 461 g/mol. The molecule has 0 spiro atoms. The number of hydrogen-bond acceptors (Lipinski definition) is 5. The van der Waals surface area contributed by atoms with Crippen LogP contribution in [0.1, 0.15) is 36.2 Å². The number of carbonyl (C=O) groups is 1. The second-order valence-electron chi connectivity index (χ2n) is 9.56. The van der Waals surface area contributed by atoms with Gasteiger partial charge in [0.15, 0.2) is 0 Å². The van der Waals surface area contributed by atoms with Crippen LogP contribution in [0.2, 0.25) is 0 Å². The van der Waals surface area contributed by atoms with Crippen LogP contribution in [0.4, 0.5) is 11.4 Å². The lowest BCUT2D eigenvalue weighted by molar-refractivity contribution is 0.102. The van der Waals surface area contributed by atoms with Gasteiger partial charge < -0.3 is 15.0 Å². The van der Waals surface area contributed by atoms with Crippen molar-refractivity contribution in [3.05, 3.63) is 72.1 Å². The SMILES string of the molecule is CC(C)COc1ccc(C(=O)Nc2ccc(N3CCC(N(C)Cc4cnn(C)c4)C3)cc2)cc1. The van der Waals surface area contributed by atoms with Gasteiger partial charge in [-0.3, -0.25) is 14.4 Å². The molecule has 180 valence electrons. The minimum atomic E-state index is -0.124. The number of carbonyl (C=O) groups excluding carboxylic acids is 1. The predicted octanol–water partition coefficient (Wildman–Crippen LogP) is 4.42. The fourth-order valence-electron chi connectivity index (χ4n) is 4.23. The van der Waals surface area contributed by atoms with E-state index in [1.165, 1.54) is 11.3 Å². The molecule has 2 aromatic carbocycles. The Morgan fingerprint density at radius 1 is 1.18 bits per heavy atom. The van der Waals surface area contributed by atoms with E-state index in [2.05, 4.69) is 59.4 Å². The summed E-state index contributed by atoms with van der Waals surface area (Å²) >= 11 is 0. The zero-order valence-electron chi connectivity index (χ0n) is 20.6. The zero-order chi connectivity index (χ0) is 24.1. The Hall–Kier alpha value is -3.32. The van der Waals surface area contributed by atoms with Crippen LogP contribution in [0.25, 0.3) is 0 Å². The van der Waals surface area contributed by atoms with Gasteiger partial charge in [0.2, 0.25) is 0 Å². The summed E-state index contributed by atoms with van der Waals surface area (Å²) in [5.41, 5.74) is 3.82. The van der Waals surface area contributed by atoms with Crippen molar-refractivity contribution in [2.75, 3.05) is 37.0 Å². The number of amides is 1. The van der Waals surface area contributed by atoms with Gasteiger partial charge in [-0.2, -0.15) is 5.10 Å². The van der Waals surface area contributed by atoms with Crippen LogP contribution in [-0.4, -0.2) is 53.4 Å². The molecule has 0 radical (unpaired) electrons. The van der Waals surface area contributed by atoms with E-state index >= 15 is 0 Å². The van der Waals surface area contributed by atoms with E-state index in [1.807, 2.05) is 42.2 Å². The van der Waals surface area contributed by atoms with Crippen LogP contribution in [0.15, 0.2) is 60.9 Å². The van der Waals surface area contributed by atoms with E-state index in [9.17, 15) is 4.79 Å². The van der Waals surface area contributed by atoms with Gasteiger partial charge >= 0.3 is 0 Å². The second-order valence-corrected chi connectivity index (χ2v) is 9.56. The van der Waals surface area contributed by atoms with Crippen LogP contribution < -0.4 is 15.0 Å². The quantitative estimate of drug-likeness (QED) is 0.511. The van der Waals surface area contributed by atoms with E-state index in [4.69, 9.17) is 4.74 Å². The smallest absolute Gasteiger partial charge is 0.255 e. The molecule has 0 bridgehead atoms. The molecule has 1 aliphatic rings. The molecule has 1 aromatic heterocycles. The lowest BCUT2D eigenvalue weighted by atomic mass is 10.2. The fourth-order valence-corrected chi connectivity index (χ4v) is 4.23. The first-order valence-electron chi connectivity index (χ1n) is 11.9. The number of nitrogens with one attached hydrogen (secondary N) is 1. The van der Waals surface area contributed by atoms with E-state index in [0.29, 0.717) is 24.1 Å². The summed E-state index contributed by atoms with van der Waals surface area (Å²) in [5.74, 6) is 1.12. The minimum absolute atomic E-state index is 0.124. The van der Waals surface area contributed by atoms with E-state index in [0.717, 1.165) is 37.5 Å². The number of ether oxygens (including phenoxy) is 1. The molecule has 4 rings (SSSR count). The topological polar surface area (TPSA) is 62.6 Å². The molecule has 1 saturated heterocycles. The Bertz CT molecular complexity index is 1080. The fraction of sp³-hybridized carbons (Fsp3) is 0.407. The number of nitrogens with zero attached hydrogens (tertiary/aromatic N) is 4. The molecule has 1 fully saturated rings. The number of hydrogen-bond donors (Lipinski definition) is 1. The summed E-state index contributed by atoms with van der Waals surface area (Å²) in [6.45, 7) is 7.81. The molecule has 34 heavy (non-hydrogen) atoms. The normalized spacial score (nSPS) is 15.8. The molecule has 0 aliphatic carbocycles. The summed E-state index contributed by atoms with van der Waals surface area (Å²) in [6.07, 6.45) is 5.14. The summed E-state index contributed by atoms with van der Waals surface area (Å²) in [6, 6.07) is 15.9. The first kappa shape index (κ1) is 23.8. The molecule has 7 nitrogen and oxygen atoms in total. The predicted molar refractivity (Wildman–Crippen MR) is 136 cm³/mol. The van der Waals surface area contributed by atoms with Gasteiger partial charge in [-0.25, -0.2) is 0 Å². The first-order valence-corrected chi connectivity index (χ1v) is 11.9. The number of rotatable bonds is 9. The van der Waals surface area contributed by atoms with Crippen molar-refractivity contribution in [1.29, 1.82) is 0 Å². The minimum Gasteiger partial charge on any atom is -0.493 e. The highest BCUT2D eigenvalue weighted by Gasteiger charge is 2.26. The summed E-state index contributed by atoms with van der Waals surface area (Å²) in [7, 11) is 4.13. The van der Waals surface area contributed by atoms with Crippen LogP contribution >= 0.6 is 0 Å². The average Bonchev–Trinajstić information content (AvgIpc) is 3.48. The number of benzene rings is 2. The molecule has 1 amide bonds. The Labute approximate surface area is 202 Å². The molecule has 7 heteroatoms. The highest BCUT2D eigenvalue weighted by Crippen LogP contribution is 2.25. The van der Waals surface area contributed by atoms with Gasteiger partial charge in [0.25, 0.3) is 5.91 Å². The molecule has 3 aromatic rings. The molecule has 1 atom stereocenters. The van der Waals surface area contributed by atoms with Crippen molar-refractivity contribution in [2.45, 2.75) is 32.9 Å². The molecular weight excluding hydrogens is 426 g/mol. The van der Waals surface area contributed by atoms with Crippen molar-refractivity contribution < 1.29 is 9.53 Å². The number of likely N-dealkylation sites (N-methyl/N-ethyl adjacent to an activating group) is 1. The average molecular weight is 462 g/mol. The maximum Gasteiger partial charge on any atom is 0.255 e. The summed E-state index contributed by atoms with van der Waals surface area (Å²) in [5, 5.41) is 7.26.